The molecule has 0 aromatic carbocycles. The molecular formula is C12H20N4O3. The average Bonchev–Trinajstić information content (AvgIpc) is 2.29. The van der Waals surface area contributed by atoms with Crippen molar-refractivity contribution >= 4 is 11.9 Å². The summed E-state index contributed by atoms with van der Waals surface area (Å²) in [5.74, 6) is -0.557. The Bertz CT molecular complexity index is 406. The van der Waals surface area contributed by atoms with Gasteiger partial charge in [-0.3, -0.25) is 10.1 Å². The summed E-state index contributed by atoms with van der Waals surface area (Å²) >= 11 is 0. The molecule has 0 bridgehead atoms. The molecule has 7 heteroatoms. The van der Waals surface area contributed by atoms with Crippen molar-refractivity contribution in [1.82, 2.24) is 15.3 Å². The van der Waals surface area contributed by atoms with E-state index in [9.17, 15) is 9.90 Å². The maximum atomic E-state index is 10.9. The third-order valence-corrected chi connectivity index (χ3v) is 2.40. The number of aliphatic carboxylic acids is 1. The monoisotopic (exact) mass is 268 g/mol. The number of carboxylic acids is 1. The van der Waals surface area contributed by atoms with Crippen molar-refractivity contribution in [1.29, 1.82) is 0 Å². The van der Waals surface area contributed by atoms with Gasteiger partial charge in [0.1, 0.15) is 6.04 Å². The number of anilines is 1. The number of aliphatic hydroxyl groups excluding tert-OH is 1. The summed E-state index contributed by atoms with van der Waals surface area (Å²) < 4.78 is 0. The number of hydrogen-bond donors (Lipinski definition) is 4. The third-order valence-electron chi connectivity index (χ3n) is 2.40. The van der Waals surface area contributed by atoms with Crippen LogP contribution in [0.15, 0.2) is 12.4 Å². The topological polar surface area (TPSA) is 107 Å². The van der Waals surface area contributed by atoms with Gasteiger partial charge >= 0.3 is 5.97 Å². The Hall–Kier alpha value is -1.73. The summed E-state index contributed by atoms with van der Waals surface area (Å²) in [5.41, 5.74) is 0.751. The number of carboxylic acid groups (broad SMARTS) is 1. The summed E-state index contributed by atoms with van der Waals surface area (Å²) in [5, 5.41) is 24.0. The van der Waals surface area contributed by atoms with Crippen molar-refractivity contribution in [2.45, 2.75) is 45.5 Å². The van der Waals surface area contributed by atoms with Gasteiger partial charge in [-0.05, 0) is 20.8 Å². The molecule has 4 N–H and O–H groups in total. The number of nitrogens with one attached hydrogen (secondary N) is 2. The zero-order valence-corrected chi connectivity index (χ0v) is 11.3. The van der Waals surface area contributed by atoms with E-state index >= 15 is 0 Å². The molecule has 19 heavy (non-hydrogen) atoms. The Morgan fingerprint density at radius 3 is 2.32 bits per heavy atom. The Kier molecular flexibility index (Phi) is 5.65. The van der Waals surface area contributed by atoms with Gasteiger partial charge in [0.25, 0.3) is 0 Å². The SMILES string of the molecule is CC(C)Nc1ncc(CN[C@H](C(=O)O)[C@H](C)O)cn1. The van der Waals surface area contributed by atoms with E-state index in [0.29, 0.717) is 5.95 Å². The first-order chi connectivity index (χ1) is 8.90. The van der Waals surface area contributed by atoms with Gasteiger partial charge in [0, 0.05) is 30.5 Å². The molecule has 0 aliphatic rings. The normalized spacial score (nSPS) is 14.2. The summed E-state index contributed by atoms with van der Waals surface area (Å²) in [4.78, 5) is 19.1. The minimum atomic E-state index is -1.09. The lowest BCUT2D eigenvalue weighted by atomic mass is 10.2. The molecule has 0 fully saturated rings. The van der Waals surface area contributed by atoms with Crippen molar-refractivity contribution in [2.75, 3.05) is 5.32 Å². The van der Waals surface area contributed by atoms with Crippen molar-refractivity contribution in [2.24, 2.45) is 0 Å². The van der Waals surface area contributed by atoms with E-state index < -0.39 is 18.1 Å². The average molecular weight is 268 g/mol. The van der Waals surface area contributed by atoms with Gasteiger partial charge in [-0.25, -0.2) is 9.97 Å². The lowest BCUT2D eigenvalue weighted by Crippen LogP contribution is -2.44. The van der Waals surface area contributed by atoms with Crippen LogP contribution in [0.25, 0.3) is 0 Å². The second kappa shape index (κ2) is 7.01. The molecular weight excluding hydrogens is 248 g/mol. The standard InChI is InChI=1S/C12H20N4O3/c1-7(2)16-12-14-5-9(6-15-12)4-13-10(8(3)17)11(18)19/h5-8,10,13,17H,4H2,1-3H3,(H,18,19)(H,14,15,16)/t8-,10-/m0/s1. The summed E-state index contributed by atoms with van der Waals surface area (Å²) in [6.07, 6.45) is 2.26. The van der Waals surface area contributed by atoms with E-state index in [1.54, 1.807) is 12.4 Å². The number of carbonyl (C=O) groups is 1. The fraction of sp³-hybridized carbons (Fsp3) is 0.583. The lowest BCUT2D eigenvalue weighted by Gasteiger charge is -2.16. The van der Waals surface area contributed by atoms with Crippen LogP contribution in [-0.2, 0) is 11.3 Å². The van der Waals surface area contributed by atoms with Gasteiger partial charge in [-0.1, -0.05) is 0 Å². The van der Waals surface area contributed by atoms with E-state index in [-0.39, 0.29) is 12.6 Å². The molecule has 0 aliphatic heterocycles. The molecule has 1 heterocycles. The van der Waals surface area contributed by atoms with Gasteiger partial charge in [0.15, 0.2) is 0 Å². The maximum Gasteiger partial charge on any atom is 0.323 e. The molecule has 1 aromatic heterocycles. The smallest absolute Gasteiger partial charge is 0.323 e. The van der Waals surface area contributed by atoms with E-state index in [2.05, 4.69) is 20.6 Å². The van der Waals surface area contributed by atoms with Gasteiger partial charge in [-0.15, -0.1) is 0 Å². The minimum Gasteiger partial charge on any atom is -0.480 e. The van der Waals surface area contributed by atoms with Crippen molar-refractivity contribution in [3.05, 3.63) is 18.0 Å². The zero-order chi connectivity index (χ0) is 14.4. The van der Waals surface area contributed by atoms with Crippen molar-refractivity contribution < 1.29 is 15.0 Å². The summed E-state index contributed by atoms with van der Waals surface area (Å²) in [6.45, 7) is 5.68. The predicted octanol–water partition coefficient (Wildman–Crippen LogP) is 0.221. The van der Waals surface area contributed by atoms with Crippen LogP contribution in [-0.4, -0.2) is 44.3 Å². The quantitative estimate of drug-likeness (QED) is 0.560. The first-order valence-corrected chi connectivity index (χ1v) is 6.12. The molecule has 0 spiro atoms. The molecule has 106 valence electrons. The molecule has 0 aliphatic carbocycles. The highest BCUT2D eigenvalue weighted by atomic mass is 16.4. The van der Waals surface area contributed by atoms with E-state index in [1.807, 2.05) is 13.8 Å². The van der Waals surface area contributed by atoms with E-state index in [1.165, 1.54) is 6.92 Å². The van der Waals surface area contributed by atoms with Crippen LogP contribution < -0.4 is 10.6 Å². The first-order valence-electron chi connectivity index (χ1n) is 6.12. The minimum absolute atomic E-state index is 0.246. The molecule has 0 unspecified atom stereocenters. The Balaban J connectivity index is 2.56. The molecule has 7 nitrogen and oxygen atoms in total. The van der Waals surface area contributed by atoms with E-state index in [0.717, 1.165) is 5.56 Å². The van der Waals surface area contributed by atoms with E-state index in [4.69, 9.17) is 5.11 Å². The number of aromatic nitrogens is 2. The van der Waals surface area contributed by atoms with Crippen LogP contribution in [0, 0.1) is 0 Å². The molecule has 2 atom stereocenters. The Labute approximate surface area is 112 Å². The largest absolute Gasteiger partial charge is 0.480 e. The second-order valence-corrected chi connectivity index (χ2v) is 4.65. The fourth-order valence-electron chi connectivity index (χ4n) is 1.47. The highest BCUT2D eigenvalue weighted by Gasteiger charge is 2.22. The molecule has 1 aromatic rings. The van der Waals surface area contributed by atoms with Gasteiger partial charge in [0.05, 0.1) is 6.10 Å². The van der Waals surface area contributed by atoms with Gasteiger partial charge in [0.2, 0.25) is 5.95 Å². The second-order valence-electron chi connectivity index (χ2n) is 4.65. The summed E-state index contributed by atoms with van der Waals surface area (Å²) in [7, 11) is 0. The molecule has 0 radical (unpaired) electrons. The summed E-state index contributed by atoms with van der Waals surface area (Å²) in [6, 6.07) is -0.760. The van der Waals surface area contributed by atoms with Gasteiger partial charge in [-0.2, -0.15) is 0 Å². The first kappa shape index (κ1) is 15.3. The third kappa shape index (κ3) is 5.19. The van der Waals surface area contributed by atoms with Crippen molar-refractivity contribution in [3.63, 3.8) is 0 Å². The Morgan fingerprint density at radius 1 is 1.32 bits per heavy atom. The zero-order valence-electron chi connectivity index (χ0n) is 11.3. The maximum absolute atomic E-state index is 10.9. The molecule has 1 rings (SSSR count). The number of aliphatic hydroxyl groups is 1. The number of rotatable bonds is 7. The van der Waals surface area contributed by atoms with Crippen LogP contribution in [0.2, 0.25) is 0 Å². The molecule has 0 saturated carbocycles. The van der Waals surface area contributed by atoms with Crippen LogP contribution in [0.5, 0.6) is 0 Å². The molecule has 0 saturated heterocycles. The van der Waals surface area contributed by atoms with Gasteiger partial charge < -0.3 is 15.5 Å². The van der Waals surface area contributed by atoms with Crippen LogP contribution in [0.3, 0.4) is 0 Å². The number of hydrogen-bond acceptors (Lipinski definition) is 6. The lowest BCUT2D eigenvalue weighted by molar-refractivity contribution is -0.142. The fourth-order valence-corrected chi connectivity index (χ4v) is 1.47. The molecule has 0 amide bonds. The van der Waals surface area contributed by atoms with Crippen LogP contribution >= 0.6 is 0 Å². The predicted molar refractivity (Wildman–Crippen MR) is 70.7 cm³/mol. The number of nitrogens with zero attached hydrogens (tertiary/aromatic N) is 2. The Morgan fingerprint density at radius 2 is 1.89 bits per heavy atom. The highest BCUT2D eigenvalue weighted by molar-refractivity contribution is 5.74. The van der Waals surface area contributed by atoms with Crippen molar-refractivity contribution in [3.8, 4) is 0 Å². The van der Waals surface area contributed by atoms with Crippen LogP contribution in [0.4, 0.5) is 5.95 Å². The van der Waals surface area contributed by atoms with Crippen LogP contribution in [0.1, 0.15) is 26.3 Å². The highest BCUT2D eigenvalue weighted by Crippen LogP contribution is 2.03.